The Labute approximate surface area is 147 Å². The average Bonchev–Trinajstić information content (AvgIpc) is 2.52. The monoisotopic (exact) mass is 334 g/mol. The van der Waals surface area contributed by atoms with Gasteiger partial charge in [-0.2, -0.15) is 0 Å². The lowest BCUT2D eigenvalue weighted by Crippen LogP contribution is -2.40. The first-order valence-corrected chi connectivity index (χ1v) is 9.27. The fourth-order valence-electron chi connectivity index (χ4n) is 4.44. The van der Waals surface area contributed by atoms with Crippen LogP contribution in [0.4, 0.5) is 0 Å². The molecule has 2 unspecified atom stereocenters. The lowest BCUT2D eigenvalue weighted by molar-refractivity contribution is 0.0188. The molecule has 136 valence electrons. The number of methoxy groups -OCH3 is 1. The maximum absolute atomic E-state index is 10.8. The van der Waals surface area contributed by atoms with E-state index in [0.29, 0.717) is 11.8 Å². The maximum Gasteiger partial charge on any atom is 0.108 e. The summed E-state index contributed by atoms with van der Waals surface area (Å²) in [5.74, 6) is 0.980. The van der Waals surface area contributed by atoms with Crippen LogP contribution >= 0.6 is 0 Å². The summed E-state index contributed by atoms with van der Waals surface area (Å²) in [5.41, 5.74) is 4.83. The molecule has 2 aliphatic carbocycles. The van der Waals surface area contributed by atoms with Crippen LogP contribution in [0.2, 0.25) is 0 Å². The highest BCUT2D eigenvalue weighted by atomic mass is 16.5. The van der Waals surface area contributed by atoms with E-state index in [2.05, 4.69) is 32.9 Å². The van der Waals surface area contributed by atoms with Crippen LogP contribution in [0.5, 0.6) is 0 Å². The van der Waals surface area contributed by atoms with Gasteiger partial charge in [-0.3, -0.25) is 0 Å². The molecule has 0 saturated carbocycles. The summed E-state index contributed by atoms with van der Waals surface area (Å²) in [7, 11) is 1.66. The van der Waals surface area contributed by atoms with Crippen molar-refractivity contribution in [3.8, 4) is 0 Å². The first-order chi connectivity index (χ1) is 11.4. The fourth-order valence-corrected chi connectivity index (χ4v) is 4.44. The highest BCUT2D eigenvalue weighted by molar-refractivity contribution is 5.43. The molecular weight excluding hydrogens is 300 g/mol. The lowest BCUT2D eigenvalue weighted by atomic mass is 9.66. The molecule has 2 aliphatic rings. The van der Waals surface area contributed by atoms with Gasteiger partial charge in [-0.05, 0) is 80.9 Å². The molecule has 0 fully saturated rings. The average molecular weight is 335 g/mol. The van der Waals surface area contributed by atoms with Gasteiger partial charge in [0.1, 0.15) is 12.2 Å². The number of hydrogen-bond acceptors (Lipinski definition) is 3. The van der Waals surface area contributed by atoms with Gasteiger partial charge >= 0.3 is 0 Å². The fraction of sp³-hybridized carbons (Fsp3) is 0.714. The van der Waals surface area contributed by atoms with E-state index in [4.69, 9.17) is 4.74 Å². The number of aliphatic hydroxyl groups is 2. The van der Waals surface area contributed by atoms with Crippen LogP contribution < -0.4 is 0 Å². The Bertz CT molecular complexity index is 525. The van der Waals surface area contributed by atoms with E-state index in [1.807, 2.05) is 6.92 Å². The van der Waals surface area contributed by atoms with Crippen molar-refractivity contribution in [2.24, 2.45) is 17.8 Å². The first-order valence-electron chi connectivity index (χ1n) is 9.27. The van der Waals surface area contributed by atoms with Crippen LogP contribution in [0.3, 0.4) is 0 Å². The Morgan fingerprint density at radius 2 is 2.08 bits per heavy atom. The van der Waals surface area contributed by atoms with E-state index < -0.39 is 6.10 Å². The third-order valence-corrected chi connectivity index (χ3v) is 5.76. The molecule has 0 heterocycles. The molecular formula is C21H34O3. The van der Waals surface area contributed by atoms with Crippen molar-refractivity contribution in [3.05, 3.63) is 34.4 Å². The van der Waals surface area contributed by atoms with Crippen molar-refractivity contribution in [2.45, 2.75) is 65.6 Å². The second-order valence-corrected chi connectivity index (χ2v) is 7.79. The van der Waals surface area contributed by atoms with Gasteiger partial charge in [-0.15, -0.1) is 0 Å². The Kier molecular flexibility index (Phi) is 6.85. The van der Waals surface area contributed by atoms with E-state index in [1.165, 1.54) is 11.1 Å². The second kappa shape index (κ2) is 8.46. The van der Waals surface area contributed by atoms with Crippen LogP contribution in [0.25, 0.3) is 0 Å². The quantitative estimate of drug-likeness (QED) is 0.721. The van der Waals surface area contributed by atoms with Crippen LogP contribution in [0.1, 0.15) is 53.4 Å². The van der Waals surface area contributed by atoms with E-state index in [-0.39, 0.29) is 18.6 Å². The Balaban J connectivity index is 2.29. The Morgan fingerprint density at radius 1 is 1.38 bits per heavy atom. The largest absolute Gasteiger partial charge is 0.396 e. The molecule has 3 heteroatoms. The lowest BCUT2D eigenvalue weighted by Gasteiger charge is -2.42. The Morgan fingerprint density at radius 3 is 2.67 bits per heavy atom. The number of allylic oxidation sites excluding steroid dienone is 4. The third kappa shape index (κ3) is 4.01. The highest BCUT2D eigenvalue weighted by Gasteiger charge is 2.39. The van der Waals surface area contributed by atoms with Gasteiger partial charge in [0.25, 0.3) is 0 Å². The smallest absolute Gasteiger partial charge is 0.108 e. The number of rotatable bonds is 6. The molecule has 2 rings (SSSR count). The first kappa shape index (κ1) is 19.4. The molecule has 0 aromatic rings. The summed E-state index contributed by atoms with van der Waals surface area (Å²) in [4.78, 5) is 0. The molecule has 0 spiro atoms. The molecule has 0 aromatic heterocycles. The predicted octanol–water partition coefficient (Wildman–Crippen LogP) is 4.02. The van der Waals surface area contributed by atoms with Crippen molar-refractivity contribution in [1.82, 2.24) is 0 Å². The molecule has 0 saturated heterocycles. The molecule has 0 bridgehead atoms. The van der Waals surface area contributed by atoms with Crippen molar-refractivity contribution in [2.75, 3.05) is 13.7 Å². The topological polar surface area (TPSA) is 49.7 Å². The predicted molar refractivity (Wildman–Crippen MR) is 98.7 cm³/mol. The zero-order valence-electron chi connectivity index (χ0n) is 15.9. The summed E-state index contributed by atoms with van der Waals surface area (Å²) in [5, 5.41) is 20.8. The molecule has 0 aromatic carbocycles. The minimum absolute atomic E-state index is 0.211. The van der Waals surface area contributed by atoms with Crippen LogP contribution in [-0.2, 0) is 4.74 Å². The van der Waals surface area contributed by atoms with Crippen molar-refractivity contribution in [1.29, 1.82) is 0 Å². The molecule has 0 aliphatic heterocycles. The summed E-state index contributed by atoms with van der Waals surface area (Å²) in [6.45, 7) is 8.68. The summed E-state index contributed by atoms with van der Waals surface area (Å²) in [6.07, 6.45) is 7.86. The molecule has 2 N–H and O–H groups in total. The van der Waals surface area contributed by atoms with Gasteiger partial charge in [0.2, 0.25) is 0 Å². The zero-order chi connectivity index (χ0) is 17.9. The van der Waals surface area contributed by atoms with Crippen LogP contribution in [-0.4, -0.2) is 36.1 Å². The molecule has 0 amide bonds. The minimum atomic E-state index is -0.551. The molecule has 0 radical (unpaired) electrons. The van der Waals surface area contributed by atoms with E-state index in [0.717, 1.165) is 36.8 Å². The maximum atomic E-state index is 10.8. The molecule has 5 atom stereocenters. The number of aliphatic hydroxyl groups excluding tert-OH is 2. The third-order valence-electron chi connectivity index (χ3n) is 5.76. The molecule has 3 nitrogen and oxygen atoms in total. The van der Waals surface area contributed by atoms with Crippen LogP contribution in [0, 0.1) is 17.8 Å². The van der Waals surface area contributed by atoms with Crippen molar-refractivity contribution >= 4 is 0 Å². The summed E-state index contributed by atoms with van der Waals surface area (Å²) >= 11 is 0. The van der Waals surface area contributed by atoms with Crippen molar-refractivity contribution < 1.29 is 14.9 Å². The van der Waals surface area contributed by atoms with Gasteiger partial charge in [0.15, 0.2) is 0 Å². The van der Waals surface area contributed by atoms with E-state index >= 15 is 0 Å². The zero-order valence-corrected chi connectivity index (χ0v) is 15.9. The number of hydrogen-bond donors (Lipinski definition) is 2. The van der Waals surface area contributed by atoms with Gasteiger partial charge in [-0.1, -0.05) is 24.6 Å². The van der Waals surface area contributed by atoms with E-state index in [1.54, 1.807) is 7.11 Å². The van der Waals surface area contributed by atoms with E-state index in [9.17, 15) is 10.2 Å². The van der Waals surface area contributed by atoms with Crippen molar-refractivity contribution in [3.63, 3.8) is 0 Å². The second-order valence-electron chi connectivity index (χ2n) is 7.79. The standard InChI is InChI=1S/C21H34O3/c1-13(2)7-6-8-16(12-22)17-10-9-14(3)19-18(17)11-15(4)21(24-5)20(19)23/h7,11,14,16-17,20-23H,6,8-10,12H2,1-5H3/t14-,16-,17+,20?,21?/m1/s1. The van der Waals surface area contributed by atoms with Crippen LogP contribution in [0.15, 0.2) is 34.4 Å². The van der Waals surface area contributed by atoms with Gasteiger partial charge < -0.3 is 14.9 Å². The van der Waals surface area contributed by atoms with Gasteiger partial charge in [-0.25, -0.2) is 0 Å². The Hall–Kier alpha value is -0.900. The molecule has 24 heavy (non-hydrogen) atoms. The normalized spacial score (nSPS) is 31.4. The SMILES string of the molecule is COC1C(C)=CC2=C(C1O)[C@H](C)CC[C@H]2[C@@H](CO)CCC=C(C)C. The summed E-state index contributed by atoms with van der Waals surface area (Å²) in [6, 6.07) is 0. The van der Waals surface area contributed by atoms with Gasteiger partial charge in [0, 0.05) is 13.7 Å². The van der Waals surface area contributed by atoms with Gasteiger partial charge in [0.05, 0.1) is 0 Å². The minimum Gasteiger partial charge on any atom is -0.396 e. The number of ether oxygens (including phenoxy) is 1. The summed E-state index contributed by atoms with van der Waals surface area (Å²) < 4.78 is 5.52. The highest BCUT2D eigenvalue weighted by Crippen LogP contribution is 2.45.